The van der Waals surface area contributed by atoms with Crippen molar-refractivity contribution in [1.29, 1.82) is 0 Å². The van der Waals surface area contributed by atoms with Crippen LogP contribution in [0.25, 0.3) is 17.0 Å². The lowest BCUT2D eigenvalue weighted by Gasteiger charge is -1.97. The zero-order valence-electron chi connectivity index (χ0n) is 10.8. The lowest BCUT2D eigenvalue weighted by molar-refractivity contribution is -0.383. The number of carbonyl (C=O) groups is 1. The van der Waals surface area contributed by atoms with E-state index < -0.39 is 4.92 Å². The van der Waals surface area contributed by atoms with Crippen LogP contribution < -0.4 is 0 Å². The highest BCUT2D eigenvalue weighted by Crippen LogP contribution is 2.26. The van der Waals surface area contributed by atoms with Crippen molar-refractivity contribution in [2.75, 3.05) is 5.75 Å². The molecule has 0 spiro atoms. The summed E-state index contributed by atoms with van der Waals surface area (Å²) in [5, 5.41) is 18.2. The second-order valence-electron chi connectivity index (χ2n) is 4.16. The van der Waals surface area contributed by atoms with Crippen LogP contribution in [0.1, 0.15) is 18.9 Å². The number of non-ortho nitro benzene ring substituents is 1. The van der Waals surface area contributed by atoms with Gasteiger partial charge < -0.3 is 0 Å². The standard InChI is InChI=1S/C13H13N3O3S/c1-9(17)20-5-3-2-4-10-6-12-11(8-14-15-12)13(7-10)16(18)19/h2,4,6-8H,3,5H2,1H3,(H,14,15). The van der Waals surface area contributed by atoms with Crippen LogP contribution in [0.5, 0.6) is 0 Å². The molecule has 1 aromatic heterocycles. The van der Waals surface area contributed by atoms with Crippen molar-refractivity contribution in [3.63, 3.8) is 0 Å². The second-order valence-corrected chi connectivity index (χ2v) is 5.43. The van der Waals surface area contributed by atoms with Crippen LogP contribution in [0.4, 0.5) is 5.69 Å². The molecule has 0 aliphatic carbocycles. The third-order valence-electron chi connectivity index (χ3n) is 2.66. The van der Waals surface area contributed by atoms with Crippen molar-refractivity contribution in [1.82, 2.24) is 10.2 Å². The first-order chi connectivity index (χ1) is 9.58. The first-order valence-corrected chi connectivity index (χ1v) is 6.98. The molecular formula is C13H13N3O3S. The van der Waals surface area contributed by atoms with E-state index >= 15 is 0 Å². The number of aromatic nitrogens is 2. The fraction of sp³-hybridized carbons (Fsp3) is 0.231. The Morgan fingerprint density at radius 1 is 1.55 bits per heavy atom. The van der Waals surface area contributed by atoms with Gasteiger partial charge in [-0.05, 0) is 18.1 Å². The number of aromatic amines is 1. The van der Waals surface area contributed by atoms with Crippen LogP contribution in [0.15, 0.2) is 24.4 Å². The Bertz CT molecular complexity index is 679. The average Bonchev–Trinajstić information content (AvgIpc) is 2.84. The molecule has 0 bridgehead atoms. The minimum atomic E-state index is -0.416. The number of benzene rings is 1. The monoisotopic (exact) mass is 291 g/mol. The number of rotatable bonds is 5. The van der Waals surface area contributed by atoms with Crippen LogP contribution in [-0.2, 0) is 4.79 Å². The lowest BCUT2D eigenvalue weighted by Crippen LogP contribution is -1.89. The summed E-state index contributed by atoms with van der Waals surface area (Å²) < 4.78 is 0. The van der Waals surface area contributed by atoms with Crippen LogP contribution in [0, 0.1) is 10.1 Å². The largest absolute Gasteiger partial charge is 0.288 e. The molecule has 2 rings (SSSR count). The molecule has 0 saturated heterocycles. The predicted molar refractivity (Wildman–Crippen MR) is 79.5 cm³/mol. The van der Waals surface area contributed by atoms with Gasteiger partial charge in [0.25, 0.3) is 5.69 Å². The van der Waals surface area contributed by atoms with Gasteiger partial charge in [0.05, 0.1) is 22.0 Å². The Labute approximate surface area is 119 Å². The van der Waals surface area contributed by atoms with E-state index in [-0.39, 0.29) is 10.8 Å². The summed E-state index contributed by atoms with van der Waals surface area (Å²) in [6.45, 7) is 1.53. The van der Waals surface area contributed by atoms with E-state index in [1.807, 2.05) is 18.2 Å². The van der Waals surface area contributed by atoms with Crippen molar-refractivity contribution in [3.8, 4) is 0 Å². The van der Waals surface area contributed by atoms with Gasteiger partial charge in [0, 0.05) is 18.7 Å². The number of fused-ring (bicyclic) bond motifs is 1. The number of hydrogen-bond donors (Lipinski definition) is 1. The van der Waals surface area contributed by atoms with Gasteiger partial charge in [0.1, 0.15) is 0 Å². The zero-order valence-corrected chi connectivity index (χ0v) is 11.6. The molecule has 0 saturated carbocycles. The van der Waals surface area contributed by atoms with E-state index in [1.54, 1.807) is 0 Å². The maximum Gasteiger partial charge on any atom is 0.280 e. The summed E-state index contributed by atoms with van der Waals surface area (Å²) in [5.41, 5.74) is 1.41. The van der Waals surface area contributed by atoms with E-state index in [9.17, 15) is 14.9 Å². The van der Waals surface area contributed by atoms with E-state index in [1.165, 1.54) is 30.9 Å². The number of nitro benzene ring substituents is 1. The molecule has 1 aromatic carbocycles. The number of nitrogens with zero attached hydrogens (tertiary/aromatic N) is 2. The average molecular weight is 291 g/mol. The first-order valence-electron chi connectivity index (χ1n) is 5.99. The summed E-state index contributed by atoms with van der Waals surface area (Å²) in [6, 6.07) is 3.33. The van der Waals surface area contributed by atoms with Gasteiger partial charge in [-0.1, -0.05) is 23.9 Å². The van der Waals surface area contributed by atoms with Gasteiger partial charge in [-0.2, -0.15) is 5.10 Å². The number of nitrogens with one attached hydrogen (secondary N) is 1. The van der Waals surface area contributed by atoms with Crippen molar-refractivity contribution < 1.29 is 9.72 Å². The third-order valence-corrected chi connectivity index (χ3v) is 3.50. The number of allylic oxidation sites excluding steroid dienone is 1. The molecule has 0 unspecified atom stereocenters. The Hall–Kier alpha value is -2.15. The maximum atomic E-state index is 11.0. The molecule has 7 heteroatoms. The van der Waals surface area contributed by atoms with Crippen molar-refractivity contribution in [2.45, 2.75) is 13.3 Å². The smallest absolute Gasteiger partial charge is 0.280 e. The summed E-state index contributed by atoms with van der Waals surface area (Å²) in [4.78, 5) is 21.4. The topological polar surface area (TPSA) is 88.9 Å². The lowest BCUT2D eigenvalue weighted by atomic mass is 10.1. The Kier molecular flexibility index (Phi) is 4.52. The Balaban J connectivity index is 2.16. The van der Waals surface area contributed by atoms with Gasteiger partial charge in [0.2, 0.25) is 0 Å². The second kappa shape index (κ2) is 6.33. The fourth-order valence-electron chi connectivity index (χ4n) is 1.79. The summed E-state index contributed by atoms with van der Waals surface area (Å²) in [6.07, 6.45) is 5.90. The van der Waals surface area contributed by atoms with Gasteiger partial charge in [0.15, 0.2) is 5.12 Å². The van der Waals surface area contributed by atoms with Gasteiger partial charge in [-0.3, -0.25) is 20.0 Å². The van der Waals surface area contributed by atoms with Gasteiger partial charge >= 0.3 is 0 Å². The minimum absolute atomic E-state index is 0.0361. The van der Waals surface area contributed by atoms with Crippen molar-refractivity contribution in [2.24, 2.45) is 0 Å². The number of nitro groups is 1. The molecule has 0 aliphatic rings. The molecule has 1 N–H and O–H groups in total. The number of H-pyrrole nitrogens is 1. The third kappa shape index (κ3) is 3.45. The SMILES string of the molecule is CC(=O)SCCC=Cc1cc([N+](=O)[O-])c2cn[nH]c2c1. The Morgan fingerprint density at radius 2 is 2.35 bits per heavy atom. The molecule has 1 heterocycles. The fourth-order valence-corrected chi connectivity index (χ4v) is 2.33. The van der Waals surface area contributed by atoms with Crippen molar-refractivity contribution >= 4 is 39.5 Å². The van der Waals surface area contributed by atoms with Gasteiger partial charge in [-0.25, -0.2) is 0 Å². The minimum Gasteiger partial charge on any atom is -0.288 e. The summed E-state index contributed by atoms with van der Waals surface area (Å²) >= 11 is 1.26. The summed E-state index contributed by atoms with van der Waals surface area (Å²) in [5.74, 6) is 0.709. The first kappa shape index (κ1) is 14.3. The highest BCUT2D eigenvalue weighted by molar-refractivity contribution is 8.13. The molecule has 6 nitrogen and oxygen atoms in total. The normalized spacial score (nSPS) is 11.2. The summed E-state index contributed by atoms with van der Waals surface area (Å²) in [7, 11) is 0. The molecule has 0 fully saturated rings. The van der Waals surface area contributed by atoms with Crippen LogP contribution in [0.3, 0.4) is 0 Å². The highest BCUT2D eigenvalue weighted by atomic mass is 32.2. The molecule has 0 radical (unpaired) electrons. The maximum absolute atomic E-state index is 11.0. The zero-order chi connectivity index (χ0) is 14.5. The number of thioether (sulfide) groups is 1. The quantitative estimate of drug-likeness (QED) is 0.519. The number of carbonyl (C=O) groups excluding carboxylic acids is 1. The van der Waals surface area contributed by atoms with Gasteiger partial charge in [-0.15, -0.1) is 0 Å². The Morgan fingerprint density at radius 3 is 3.05 bits per heavy atom. The van der Waals surface area contributed by atoms with E-state index in [4.69, 9.17) is 0 Å². The van der Waals surface area contributed by atoms with E-state index in [0.717, 1.165) is 12.0 Å². The molecule has 0 atom stereocenters. The van der Waals surface area contributed by atoms with Crippen molar-refractivity contribution in [3.05, 3.63) is 40.1 Å². The molecule has 0 aliphatic heterocycles. The van der Waals surface area contributed by atoms with E-state index in [2.05, 4.69) is 10.2 Å². The van der Waals surface area contributed by atoms with Crippen LogP contribution >= 0.6 is 11.8 Å². The highest BCUT2D eigenvalue weighted by Gasteiger charge is 2.14. The predicted octanol–water partition coefficient (Wildman–Crippen LogP) is 3.15. The molecule has 104 valence electrons. The number of hydrogen-bond acceptors (Lipinski definition) is 5. The van der Waals surface area contributed by atoms with E-state index in [0.29, 0.717) is 16.7 Å². The molecule has 2 aromatic rings. The van der Waals surface area contributed by atoms with Crippen LogP contribution in [0.2, 0.25) is 0 Å². The molecule has 20 heavy (non-hydrogen) atoms. The molecular weight excluding hydrogens is 278 g/mol. The van der Waals surface area contributed by atoms with Crippen LogP contribution in [-0.4, -0.2) is 26.0 Å². The molecule has 0 amide bonds.